The van der Waals surface area contributed by atoms with Crippen molar-refractivity contribution in [3.8, 4) is 0 Å². The molecule has 1 amide bonds. The lowest BCUT2D eigenvalue weighted by Gasteiger charge is -2.11. The molecule has 5 rings (SSSR count). The average molecular weight is 445 g/mol. The van der Waals surface area contributed by atoms with E-state index in [2.05, 4.69) is 33.6 Å². The maximum absolute atomic E-state index is 12.8. The minimum Gasteiger partial charge on any atom is -0.355 e. The number of benzene rings is 3. The van der Waals surface area contributed by atoms with Crippen LogP contribution in [-0.2, 0) is 6.42 Å². The van der Waals surface area contributed by atoms with E-state index in [9.17, 15) is 4.79 Å². The van der Waals surface area contributed by atoms with E-state index in [0.717, 1.165) is 34.6 Å². The Morgan fingerprint density at radius 3 is 2.41 bits per heavy atom. The van der Waals surface area contributed by atoms with Gasteiger partial charge in [-0.1, -0.05) is 36.4 Å². The molecular formula is C29H24N4O. The minimum absolute atomic E-state index is 0.141. The summed E-state index contributed by atoms with van der Waals surface area (Å²) >= 11 is 0. The summed E-state index contributed by atoms with van der Waals surface area (Å²) in [5.41, 5.74) is 7.76. The Balaban J connectivity index is 1.29. The van der Waals surface area contributed by atoms with Gasteiger partial charge >= 0.3 is 0 Å². The third-order valence-electron chi connectivity index (χ3n) is 5.79. The van der Waals surface area contributed by atoms with Crippen molar-refractivity contribution < 1.29 is 4.79 Å². The first kappa shape index (κ1) is 21.3. The number of para-hydroxylation sites is 1. The second-order valence-corrected chi connectivity index (χ2v) is 8.21. The highest BCUT2D eigenvalue weighted by atomic mass is 16.1. The Kier molecular flexibility index (Phi) is 5.99. The van der Waals surface area contributed by atoms with Crippen LogP contribution in [0, 0.1) is 6.92 Å². The summed E-state index contributed by atoms with van der Waals surface area (Å²) in [7, 11) is 0. The number of aryl methyl sites for hydroxylation is 1. The number of pyridine rings is 2. The molecule has 0 radical (unpaired) electrons. The van der Waals surface area contributed by atoms with Gasteiger partial charge in [-0.15, -0.1) is 0 Å². The van der Waals surface area contributed by atoms with Crippen molar-refractivity contribution in [2.24, 2.45) is 0 Å². The van der Waals surface area contributed by atoms with Gasteiger partial charge in [0.15, 0.2) is 0 Å². The Hall–Kier alpha value is -4.51. The second-order valence-electron chi connectivity index (χ2n) is 8.21. The van der Waals surface area contributed by atoms with E-state index < -0.39 is 0 Å². The Bertz CT molecular complexity index is 1450. The molecule has 2 N–H and O–H groups in total. The first-order valence-electron chi connectivity index (χ1n) is 11.2. The Labute approximate surface area is 198 Å². The maximum Gasteiger partial charge on any atom is 0.255 e. The van der Waals surface area contributed by atoms with Crippen LogP contribution in [0.2, 0.25) is 0 Å². The fraction of sp³-hybridized carbons (Fsp3) is 0.0690. The van der Waals surface area contributed by atoms with E-state index in [4.69, 9.17) is 0 Å². The maximum atomic E-state index is 12.8. The summed E-state index contributed by atoms with van der Waals surface area (Å²) in [6.07, 6.45) is 6.18. The van der Waals surface area contributed by atoms with Crippen LogP contribution < -0.4 is 10.6 Å². The van der Waals surface area contributed by atoms with Gasteiger partial charge in [0.1, 0.15) is 0 Å². The Morgan fingerprint density at radius 2 is 1.59 bits per heavy atom. The smallest absolute Gasteiger partial charge is 0.255 e. The molecule has 0 aliphatic heterocycles. The molecule has 0 spiro atoms. The van der Waals surface area contributed by atoms with E-state index in [1.807, 2.05) is 85.1 Å². The highest BCUT2D eigenvalue weighted by Gasteiger charge is 2.10. The molecule has 0 saturated carbocycles. The number of amides is 1. The van der Waals surface area contributed by atoms with Gasteiger partial charge in [-0.05, 0) is 78.6 Å². The SMILES string of the molecule is Cc1cnc2ccccc2c1Cc1ccc(C(=O)Nc2cccc(Nc3ccncc3)c2)cc1. The zero-order chi connectivity index (χ0) is 23.3. The van der Waals surface area contributed by atoms with Crippen LogP contribution in [-0.4, -0.2) is 15.9 Å². The van der Waals surface area contributed by atoms with Crippen LogP contribution in [0.3, 0.4) is 0 Å². The number of rotatable bonds is 6. The van der Waals surface area contributed by atoms with Crippen LogP contribution in [0.15, 0.2) is 104 Å². The summed E-state index contributed by atoms with van der Waals surface area (Å²) in [5, 5.41) is 7.47. The molecule has 2 aromatic heterocycles. The number of nitrogens with zero attached hydrogens (tertiary/aromatic N) is 2. The van der Waals surface area contributed by atoms with Crippen molar-refractivity contribution >= 4 is 33.9 Å². The molecule has 166 valence electrons. The molecule has 5 heteroatoms. The molecule has 0 bridgehead atoms. The molecule has 0 unspecified atom stereocenters. The fourth-order valence-electron chi connectivity index (χ4n) is 3.99. The van der Waals surface area contributed by atoms with E-state index in [1.165, 1.54) is 16.5 Å². The van der Waals surface area contributed by atoms with Gasteiger partial charge in [0, 0.05) is 46.6 Å². The number of nitrogens with one attached hydrogen (secondary N) is 2. The molecular weight excluding hydrogens is 420 g/mol. The van der Waals surface area contributed by atoms with Gasteiger partial charge in [-0.25, -0.2) is 0 Å². The van der Waals surface area contributed by atoms with Crippen LogP contribution in [0.5, 0.6) is 0 Å². The third kappa shape index (κ3) is 4.79. The normalized spacial score (nSPS) is 10.7. The third-order valence-corrected chi connectivity index (χ3v) is 5.79. The number of hydrogen-bond acceptors (Lipinski definition) is 4. The number of carbonyl (C=O) groups excluding carboxylic acids is 1. The summed E-state index contributed by atoms with van der Waals surface area (Å²) in [6, 6.07) is 27.4. The summed E-state index contributed by atoms with van der Waals surface area (Å²) in [5.74, 6) is -0.141. The quantitative estimate of drug-likeness (QED) is 0.313. The lowest BCUT2D eigenvalue weighted by molar-refractivity contribution is 0.102. The molecule has 0 atom stereocenters. The highest BCUT2D eigenvalue weighted by Crippen LogP contribution is 2.24. The van der Waals surface area contributed by atoms with E-state index >= 15 is 0 Å². The average Bonchev–Trinajstić information content (AvgIpc) is 2.87. The van der Waals surface area contributed by atoms with Gasteiger partial charge in [-0.3, -0.25) is 14.8 Å². The highest BCUT2D eigenvalue weighted by molar-refractivity contribution is 6.04. The van der Waals surface area contributed by atoms with Crippen molar-refractivity contribution in [3.05, 3.63) is 126 Å². The van der Waals surface area contributed by atoms with Crippen molar-refractivity contribution in [1.29, 1.82) is 0 Å². The lowest BCUT2D eigenvalue weighted by atomic mass is 9.97. The summed E-state index contributed by atoms with van der Waals surface area (Å²) in [4.78, 5) is 21.4. The van der Waals surface area contributed by atoms with Gasteiger partial charge in [-0.2, -0.15) is 0 Å². The zero-order valence-electron chi connectivity index (χ0n) is 18.8. The van der Waals surface area contributed by atoms with Crippen LogP contribution >= 0.6 is 0 Å². The number of carbonyl (C=O) groups is 1. The second kappa shape index (κ2) is 9.55. The fourth-order valence-corrected chi connectivity index (χ4v) is 3.99. The van der Waals surface area contributed by atoms with Crippen molar-refractivity contribution in [2.75, 3.05) is 10.6 Å². The van der Waals surface area contributed by atoms with Crippen LogP contribution in [0.25, 0.3) is 10.9 Å². The largest absolute Gasteiger partial charge is 0.355 e. The molecule has 0 fully saturated rings. The first-order valence-corrected chi connectivity index (χ1v) is 11.2. The number of aromatic nitrogens is 2. The Morgan fingerprint density at radius 1 is 0.824 bits per heavy atom. The van der Waals surface area contributed by atoms with E-state index in [1.54, 1.807) is 12.4 Å². The first-order chi connectivity index (χ1) is 16.7. The molecule has 34 heavy (non-hydrogen) atoms. The zero-order valence-corrected chi connectivity index (χ0v) is 18.8. The van der Waals surface area contributed by atoms with Crippen molar-refractivity contribution in [1.82, 2.24) is 9.97 Å². The van der Waals surface area contributed by atoms with Gasteiger partial charge in [0.2, 0.25) is 0 Å². The van der Waals surface area contributed by atoms with Gasteiger partial charge < -0.3 is 10.6 Å². The molecule has 5 aromatic rings. The predicted octanol–water partition coefficient (Wildman–Crippen LogP) is 6.52. The number of fused-ring (bicyclic) bond motifs is 1. The summed E-state index contributed by atoms with van der Waals surface area (Å²) in [6.45, 7) is 2.09. The lowest BCUT2D eigenvalue weighted by Crippen LogP contribution is -2.12. The number of hydrogen-bond donors (Lipinski definition) is 2. The molecule has 0 aliphatic carbocycles. The van der Waals surface area contributed by atoms with Gasteiger partial charge in [0.05, 0.1) is 5.52 Å². The molecule has 0 aliphatic rings. The summed E-state index contributed by atoms with van der Waals surface area (Å²) < 4.78 is 0. The van der Waals surface area contributed by atoms with Crippen molar-refractivity contribution in [2.45, 2.75) is 13.3 Å². The van der Waals surface area contributed by atoms with Crippen LogP contribution in [0.4, 0.5) is 17.1 Å². The van der Waals surface area contributed by atoms with E-state index in [-0.39, 0.29) is 5.91 Å². The van der Waals surface area contributed by atoms with Crippen molar-refractivity contribution in [3.63, 3.8) is 0 Å². The van der Waals surface area contributed by atoms with Crippen LogP contribution in [0.1, 0.15) is 27.0 Å². The molecule has 5 nitrogen and oxygen atoms in total. The minimum atomic E-state index is -0.141. The standard InChI is InChI=1S/C29H24N4O/c1-20-19-31-28-8-3-2-7-26(28)27(20)17-21-9-11-22(12-10-21)29(34)33-25-6-4-5-24(18-25)32-23-13-15-30-16-14-23/h2-16,18-19H,17H2,1H3,(H,30,32)(H,33,34). The van der Waals surface area contributed by atoms with Gasteiger partial charge in [0.25, 0.3) is 5.91 Å². The topological polar surface area (TPSA) is 66.9 Å². The molecule has 3 aromatic carbocycles. The number of anilines is 3. The predicted molar refractivity (Wildman–Crippen MR) is 138 cm³/mol. The van der Waals surface area contributed by atoms with E-state index in [0.29, 0.717) is 5.56 Å². The molecule has 2 heterocycles. The monoisotopic (exact) mass is 444 g/mol. The molecule has 0 saturated heterocycles.